The number of anilines is 1. The summed E-state index contributed by atoms with van der Waals surface area (Å²) in [6.45, 7) is 11.1. The molecule has 0 aliphatic rings. The van der Waals surface area contributed by atoms with Crippen molar-refractivity contribution in [3.8, 4) is 0 Å². The predicted octanol–water partition coefficient (Wildman–Crippen LogP) is 5.86. The molecule has 0 bridgehead atoms. The van der Waals surface area contributed by atoms with Crippen LogP contribution in [0, 0.1) is 0 Å². The Morgan fingerprint density at radius 1 is 0.792 bits per heavy atom. The summed E-state index contributed by atoms with van der Waals surface area (Å²) in [4.78, 5) is 0. The molecule has 0 saturated heterocycles. The van der Waals surface area contributed by atoms with Crippen molar-refractivity contribution in [2.45, 2.75) is 65.0 Å². The lowest BCUT2D eigenvalue weighted by molar-refractivity contribution is 0.162. The number of aliphatic hydroxyl groups excluding tert-OH is 1. The second-order valence-electron chi connectivity index (χ2n) is 7.33. The predicted molar refractivity (Wildman–Crippen MR) is 104 cm³/mol. The van der Waals surface area contributed by atoms with E-state index < -0.39 is 6.10 Å². The summed E-state index contributed by atoms with van der Waals surface area (Å²) in [5.41, 5.74) is 4.92. The third-order valence-corrected chi connectivity index (χ3v) is 4.52. The van der Waals surface area contributed by atoms with Gasteiger partial charge >= 0.3 is 0 Å². The Morgan fingerprint density at radius 2 is 1.33 bits per heavy atom. The van der Waals surface area contributed by atoms with Crippen LogP contribution in [-0.4, -0.2) is 11.1 Å². The molecule has 2 nitrogen and oxygen atoms in total. The van der Waals surface area contributed by atoms with Gasteiger partial charge in [-0.1, -0.05) is 76.2 Å². The van der Waals surface area contributed by atoms with Crippen molar-refractivity contribution in [2.24, 2.45) is 0 Å². The molecular formula is C22H31NO. The van der Waals surface area contributed by atoms with E-state index in [0.29, 0.717) is 18.3 Å². The number of aliphatic hydroxyl groups is 1. The molecule has 0 spiro atoms. The second-order valence-corrected chi connectivity index (χ2v) is 7.33. The van der Waals surface area contributed by atoms with Gasteiger partial charge in [-0.25, -0.2) is 0 Å². The molecule has 0 aromatic heterocycles. The summed E-state index contributed by atoms with van der Waals surface area (Å²) >= 11 is 0. The zero-order valence-electron chi connectivity index (χ0n) is 15.6. The van der Waals surface area contributed by atoms with Crippen molar-refractivity contribution in [1.82, 2.24) is 0 Å². The first-order chi connectivity index (χ1) is 11.4. The van der Waals surface area contributed by atoms with Crippen molar-refractivity contribution < 1.29 is 5.11 Å². The standard InChI is InChI=1S/C22H31NO/c1-15(2)19-12-9-13-20(16(3)4)22(19)23-17(5)14-21(24)18-10-7-6-8-11-18/h6-13,15-17,21,23-24H,14H2,1-5H3. The van der Waals surface area contributed by atoms with Gasteiger partial charge in [0.2, 0.25) is 0 Å². The minimum absolute atomic E-state index is 0.192. The highest BCUT2D eigenvalue weighted by Gasteiger charge is 2.17. The maximum Gasteiger partial charge on any atom is 0.0809 e. The van der Waals surface area contributed by atoms with Crippen LogP contribution in [0.25, 0.3) is 0 Å². The average molecular weight is 325 g/mol. The largest absolute Gasteiger partial charge is 0.388 e. The monoisotopic (exact) mass is 325 g/mol. The van der Waals surface area contributed by atoms with Crippen LogP contribution in [0.4, 0.5) is 5.69 Å². The number of rotatable bonds is 7. The molecule has 2 N–H and O–H groups in total. The minimum Gasteiger partial charge on any atom is -0.388 e. The lowest BCUT2D eigenvalue weighted by Gasteiger charge is -2.25. The average Bonchev–Trinajstić information content (AvgIpc) is 2.55. The van der Waals surface area contributed by atoms with Gasteiger partial charge in [-0.3, -0.25) is 0 Å². The molecule has 0 aliphatic heterocycles. The van der Waals surface area contributed by atoms with Crippen LogP contribution in [0.15, 0.2) is 48.5 Å². The van der Waals surface area contributed by atoms with E-state index >= 15 is 0 Å². The maximum absolute atomic E-state index is 10.5. The van der Waals surface area contributed by atoms with Crippen molar-refractivity contribution in [3.05, 3.63) is 65.2 Å². The Hall–Kier alpha value is -1.80. The van der Waals surface area contributed by atoms with Gasteiger partial charge in [-0.05, 0) is 41.9 Å². The van der Waals surface area contributed by atoms with Gasteiger partial charge in [-0.15, -0.1) is 0 Å². The van der Waals surface area contributed by atoms with E-state index in [1.807, 2.05) is 30.3 Å². The van der Waals surface area contributed by atoms with Gasteiger partial charge in [0.15, 0.2) is 0 Å². The van der Waals surface area contributed by atoms with Gasteiger partial charge in [0.25, 0.3) is 0 Å². The van der Waals surface area contributed by atoms with Crippen LogP contribution in [0.1, 0.15) is 75.7 Å². The molecule has 2 aromatic rings. The van der Waals surface area contributed by atoms with E-state index in [1.54, 1.807) is 0 Å². The highest BCUT2D eigenvalue weighted by molar-refractivity contribution is 5.60. The zero-order valence-corrected chi connectivity index (χ0v) is 15.6. The fraction of sp³-hybridized carbons (Fsp3) is 0.455. The quantitative estimate of drug-likeness (QED) is 0.668. The molecule has 130 valence electrons. The van der Waals surface area contributed by atoms with Crippen molar-refractivity contribution in [1.29, 1.82) is 0 Å². The van der Waals surface area contributed by atoms with E-state index in [4.69, 9.17) is 0 Å². The Balaban J connectivity index is 2.17. The summed E-state index contributed by atoms with van der Waals surface area (Å²) in [7, 11) is 0. The van der Waals surface area contributed by atoms with Crippen molar-refractivity contribution in [2.75, 3.05) is 5.32 Å². The van der Waals surface area contributed by atoms with Crippen LogP contribution in [-0.2, 0) is 0 Å². The first-order valence-corrected chi connectivity index (χ1v) is 9.02. The summed E-state index contributed by atoms with van der Waals surface area (Å²) in [6, 6.07) is 16.7. The minimum atomic E-state index is -0.442. The van der Waals surface area contributed by atoms with Crippen LogP contribution in [0.3, 0.4) is 0 Å². The van der Waals surface area contributed by atoms with Gasteiger partial charge < -0.3 is 10.4 Å². The molecule has 0 heterocycles. The van der Waals surface area contributed by atoms with E-state index in [-0.39, 0.29) is 6.04 Å². The molecule has 2 heteroatoms. The summed E-state index contributed by atoms with van der Waals surface area (Å²) in [6.07, 6.45) is 0.246. The summed E-state index contributed by atoms with van der Waals surface area (Å²) in [5.74, 6) is 0.940. The first kappa shape index (κ1) is 18.5. The highest BCUT2D eigenvalue weighted by Crippen LogP contribution is 2.33. The Morgan fingerprint density at radius 3 is 1.83 bits per heavy atom. The Labute approximate surface area is 146 Å². The van der Waals surface area contributed by atoms with E-state index in [0.717, 1.165) is 5.56 Å². The zero-order chi connectivity index (χ0) is 17.7. The van der Waals surface area contributed by atoms with Gasteiger partial charge in [0, 0.05) is 11.7 Å². The van der Waals surface area contributed by atoms with Crippen LogP contribution in [0.5, 0.6) is 0 Å². The van der Waals surface area contributed by atoms with Gasteiger partial charge in [-0.2, -0.15) is 0 Å². The molecule has 2 aromatic carbocycles. The number of hydrogen-bond acceptors (Lipinski definition) is 2. The van der Waals surface area contributed by atoms with Crippen LogP contribution < -0.4 is 5.32 Å². The molecule has 0 aliphatic carbocycles. The van der Waals surface area contributed by atoms with E-state index in [2.05, 4.69) is 58.1 Å². The Kier molecular flexibility index (Phi) is 6.44. The Bertz CT molecular complexity index is 607. The second kappa shape index (κ2) is 8.34. The number of para-hydroxylation sites is 1. The van der Waals surface area contributed by atoms with Crippen LogP contribution >= 0.6 is 0 Å². The summed E-state index contributed by atoms with van der Waals surface area (Å²) in [5, 5.41) is 14.2. The number of nitrogens with one attached hydrogen (secondary N) is 1. The highest BCUT2D eigenvalue weighted by atomic mass is 16.3. The maximum atomic E-state index is 10.5. The lowest BCUT2D eigenvalue weighted by Crippen LogP contribution is -2.21. The third kappa shape index (κ3) is 4.61. The lowest BCUT2D eigenvalue weighted by atomic mass is 9.92. The molecular weight excluding hydrogens is 294 g/mol. The molecule has 2 atom stereocenters. The van der Waals surface area contributed by atoms with Crippen LogP contribution in [0.2, 0.25) is 0 Å². The molecule has 2 unspecified atom stereocenters. The fourth-order valence-electron chi connectivity index (χ4n) is 3.17. The smallest absolute Gasteiger partial charge is 0.0809 e. The topological polar surface area (TPSA) is 32.3 Å². The molecule has 0 amide bonds. The molecule has 0 fully saturated rings. The number of benzene rings is 2. The normalized spacial score (nSPS) is 14.0. The fourth-order valence-corrected chi connectivity index (χ4v) is 3.17. The molecule has 0 saturated carbocycles. The molecule has 2 rings (SSSR count). The van der Waals surface area contributed by atoms with Crippen molar-refractivity contribution in [3.63, 3.8) is 0 Å². The van der Waals surface area contributed by atoms with E-state index in [1.165, 1.54) is 16.8 Å². The van der Waals surface area contributed by atoms with E-state index in [9.17, 15) is 5.11 Å². The van der Waals surface area contributed by atoms with Gasteiger partial charge in [0.05, 0.1) is 6.10 Å². The summed E-state index contributed by atoms with van der Waals surface area (Å²) < 4.78 is 0. The van der Waals surface area contributed by atoms with Crippen molar-refractivity contribution >= 4 is 5.69 Å². The number of hydrogen-bond donors (Lipinski definition) is 2. The third-order valence-electron chi connectivity index (χ3n) is 4.52. The molecule has 0 radical (unpaired) electrons. The van der Waals surface area contributed by atoms with Gasteiger partial charge in [0.1, 0.15) is 0 Å². The SMILES string of the molecule is CC(CC(O)c1ccccc1)Nc1c(C(C)C)cccc1C(C)C. The first-order valence-electron chi connectivity index (χ1n) is 9.02. The molecule has 24 heavy (non-hydrogen) atoms.